The molecule has 1 atom stereocenters. The van der Waals surface area contributed by atoms with E-state index in [1.165, 1.54) is 11.1 Å². The summed E-state index contributed by atoms with van der Waals surface area (Å²) < 4.78 is 0. The molecule has 0 aliphatic heterocycles. The number of carbonyl (C=O) groups excluding carboxylic acids is 2. The van der Waals surface area contributed by atoms with E-state index in [0.717, 1.165) is 17.1 Å². The van der Waals surface area contributed by atoms with Gasteiger partial charge in [-0.3, -0.25) is 9.59 Å². The SMILES string of the molecule is Cc1ccc(CN(C(=O)CCSCc2ccccc2)C(C)C(=O)NCC(C)C)cc1. The van der Waals surface area contributed by atoms with Crippen LogP contribution in [0.2, 0.25) is 0 Å². The van der Waals surface area contributed by atoms with Gasteiger partial charge in [0.15, 0.2) is 0 Å². The zero-order chi connectivity index (χ0) is 21.9. The van der Waals surface area contributed by atoms with Crippen molar-refractivity contribution in [3.8, 4) is 0 Å². The van der Waals surface area contributed by atoms with Crippen molar-refractivity contribution >= 4 is 23.6 Å². The molecule has 0 aliphatic rings. The summed E-state index contributed by atoms with van der Waals surface area (Å²) in [5, 5.41) is 2.96. The Balaban J connectivity index is 1.98. The maximum atomic E-state index is 13.0. The average molecular weight is 427 g/mol. The third-order valence-electron chi connectivity index (χ3n) is 4.90. The predicted molar refractivity (Wildman–Crippen MR) is 126 cm³/mol. The number of carbonyl (C=O) groups is 2. The first-order valence-electron chi connectivity index (χ1n) is 10.6. The Morgan fingerprint density at radius 3 is 2.27 bits per heavy atom. The van der Waals surface area contributed by atoms with Crippen molar-refractivity contribution in [3.63, 3.8) is 0 Å². The van der Waals surface area contributed by atoms with Crippen LogP contribution in [0.4, 0.5) is 0 Å². The minimum absolute atomic E-state index is 0.0170. The summed E-state index contributed by atoms with van der Waals surface area (Å²) in [5.41, 5.74) is 3.47. The van der Waals surface area contributed by atoms with Crippen molar-refractivity contribution in [2.75, 3.05) is 12.3 Å². The van der Waals surface area contributed by atoms with Gasteiger partial charge in [-0.15, -0.1) is 0 Å². The fourth-order valence-electron chi connectivity index (χ4n) is 2.99. The number of hydrogen-bond donors (Lipinski definition) is 1. The molecular weight excluding hydrogens is 392 g/mol. The van der Waals surface area contributed by atoms with E-state index in [1.807, 2.05) is 56.3 Å². The predicted octanol–water partition coefficient (Wildman–Crippen LogP) is 4.81. The van der Waals surface area contributed by atoms with Crippen molar-refractivity contribution in [1.29, 1.82) is 0 Å². The number of benzene rings is 2. The minimum Gasteiger partial charge on any atom is -0.354 e. The minimum atomic E-state index is -0.503. The highest BCUT2D eigenvalue weighted by Gasteiger charge is 2.25. The van der Waals surface area contributed by atoms with Crippen LogP contribution in [0.25, 0.3) is 0 Å². The third-order valence-corrected chi connectivity index (χ3v) is 5.93. The van der Waals surface area contributed by atoms with Gasteiger partial charge in [-0.1, -0.05) is 74.0 Å². The Hall–Kier alpha value is -2.27. The summed E-state index contributed by atoms with van der Waals surface area (Å²) in [4.78, 5) is 27.4. The molecule has 5 heteroatoms. The Bertz CT molecular complexity index is 791. The second kappa shape index (κ2) is 12.4. The van der Waals surface area contributed by atoms with Gasteiger partial charge in [0.2, 0.25) is 11.8 Å². The molecule has 0 saturated heterocycles. The molecular formula is C25H34N2O2S. The van der Waals surface area contributed by atoms with Crippen LogP contribution < -0.4 is 5.32 Å². The van der Waals surface area contributed by atoms with Crippen LogP contribution in [0.15, 0.2) is 54.6 Å². The van der Waals surface area contributed by atoms with Gasteiger partial charge < -0.3 is 10.2 Å². The van der Waals surface area contributed by atoms with Gasteiger partial charge in [-0.25, -0.2) is 0 Å². The first kappa shape index (κ1) is 24.0. The number of hydrogen-bond acceptors (Lipinski definition) is 3. The lowest BCUT2D eigenvalue weighted by Gasteiger charge is -2.29. The molecule has 0 radical (unpaired) electrons. The number of rotatable bonds is 11. The molecule has 4 nitrogen and oxygen atoms in total. The lowest BCUT2D eigenvalue weighted by molar-refractivity contribution is -0.140. The lowest BCUT2D eigenvalue weighted by Crippen LogP contribution is -2.48. The van der Waals surface area contributed by atoms with Crippen LogP contribution in [-0.4, -0.2) is 35.1 Å². The fourth-order valence-corrected chi connectivity index (χ4v) is 3.88. The first-order valence-corrected chi connectivity index (χ1v) is 11.8. The lowest BCUT2D eigenvalue weighted by atomic mass is 10.1. The molecule has 2 amide bonds. The van der Waals surface area contributed by atoms with E-state index in [2.05, 4.69) is 31.3 Å². The summed E-state index contributed by atoms with van der Waals surface area (Å²) >= 11 is 1.75. The Kier molecular flexibility index (Phi) is 9.95. The van der Waals surface area contributed by atoms with Gasteiger partial charge in [-0.05, 0) is 30.9 Å². The highest BCUT2D eigenvalue weighted by Crippen LogP contribution is 2.16. The summed E-state index contributed by atoms with van der Waals surface area (Å²) in [5.74, 6) is 1.91. The van der Waals surface area contributed by atoms with Crippen molar-refractivity contribution in [1.82, 2.24) is 10.2 Å². The standard InChI is InChI=1S/C25H34N2O2S/c1-19(2)16-26-25(29)21(4)27(17-22-12-10-20(3)11-13-22)24(28)14-15-30-18-23-8-6-5-7-9-23/h5-13,19,21H,14-18H2,1-4H3,(H,26,29). The number of nitrogens with one attached hydrogen (secondary N) is 1. The molecule has 162 valence electrons. The fraction of sp³-hybridized carbons (Fsp3) is 0.440. The molecule has 2 aromatic rings. The molecule has 2 rings (SSSR count). The van der Waals surface area contributed by atoms with Crippen LogP contribution in [0.1, 0.15) is 43.9 Å². The van der Waals surface area contributed by atoms with Crippen LogP contribution in [-0.2, 0) is 21.9 Å². The zero-order valence-corrected chi connectivity index (χ0v) is 19.4. The van der Waals surface area contributed by atoms with E-state index in [4.69, 9.17) is 0 Å². The second-order valence-corrected chi connectivity index (χ2v) is 9.22. The van der Waals surface area contributed by atoms with Crippen LogP contribution in [0, 0.1) is 12.8 Å². The van der Waals surface area contributed by atoms with Gasteiger partial charge >= 0.3 is 0 Å². The normalized spacial score (nSPS) is 11.9. The molecule has 0 aromatic heterocycles. The number of aryl methyl sites for hydroxylation is 1. The second-order valence-electron chi connectivity index (χ2n) is 8.11. The van der Waals surface area contributed by atoms with E-state index in [9.17, 15) is 9.59 Å². The smallest absolute Gasteiger partial charge is 0.242 e. The summed E-state index contributed by atoms with van der Waals surface area (Å²) in [7, 11) is 0. The Labute approximate surface area is 185 Å². The number of amides is 2. The first-order chi connectivity index (χ1) is 14.4. The van der Waals surface area contributed by atoms with Crippen molar-refractivity contribution in [3.05, 3.63) is 71.3 Å². The molecule has 0 spiro atoms. The van der Waals surface area contributed by atoms with Crippen molar-refractivity contribution in [2.45, 2.75) is 52.5 Å². The van der Waals surface area contributed by atoms with E-state index < -0.39 is 6.04 Å². The average Bonchev–Trinajstić information content (AvgIpc) is 2.74. The Morgan fingerprint density at radius 1 is 0.967 bits per heavy atom. The largest absolute Gasteiger partial charge is 0.354 e. The highest BCUT2D eigenvalue weighted by atomic mass is 32.2. The summed E-state index contributed by atoms with van der Waals surface area (Å²) in [6, 6.07) is 17.9. The molecule has 1 N–H and O–H groups in total. The van der Waals surface area contributed by atoms with E-state index in [1.54, 1.807) is 16.7 Å². The quantitative estimate of drug-likeness (QED) is 0.525. The van der Waals surface area contributed by atoms with Crippen molar-refractivity contribution in [2.24, 2.45) is 5.92 Å². The maximum Gasteiger partial charge on any atom is 0.242 e. The third kappa shape index (κ3) is 8.23. The van der Waals surface area contributed by atoms with Crippen LogP contribution in [0.3, 0.4) is 0 Å². The maximum absolute atomic E-state index is 13.0. The molecule has 2 aromatic carbocycles. The zero-order valence-electron chi connectivity index (χ0n) is 18.6. The molecule has 0 fully saturated rings. The highest BCUT2D eigenvalue weighted by molar-refractivity contribution is 7.98. The monoisotopic (exact) mass is 426 g/mol. The molecule has 0 bridgehead atoms. The molecule has 0 aliphatic carbocycles. The topological polar surface area (TPSA) is 49.4 Å². The molecule has 0 heterocycles. The molecule has 1 unspecified atom stereocenters. The van der Waals surface area contributed by atoms with E-state index in [0.29, 0.717) is 25.4 Å². The number of nitrogens with zero attached hydrogens (tertiary/aromatic N) is 1. The van der Waals surface area contributed by atoms with Gasteiger partial charge in [0.25, 0.3) is 0 Å². The van der Waals surface area contributed by atoms with Gasteiger partial charge in [0.05, 0.1) is 0 Å². The van der Waals surface area contributed by atoms with Gasteiger partial charge in [0.1, 0.15) is 6.04 Å². The number of thioether (sulfide) groups is 1. The van der Waals surface area contributed by atoms with Crippen molar-refractivity contribution < 1.29 is 9.59 Å². The van der Waals surface area contributed by atoms with Crippen LogP contribution in [0.5, 0.6) is 0 Å². The van der Waals surface area contributed by atoms with Crippen LogP contribution >= 0.6 is 11.8 Å². The molecule has 0 saturated carbocycles. The van der Waals surface area contributed by atoms with Gasteiger partial charge in [0, 0.05) is 31.0 Å². The van der Waals surface area contributed by atoms with E-state index in [-0.39, 0.29) is 11.8 Å². The van der Waals surface area contributed by atoms with Gasteiger partial charge in [-0.2, -0.15) is 11.8 Å². The summed E-state index contributed by atoms with van der Waals surface area (Å²) in [6.07, 6.45) is 0.422. The summed E-state index contributed by atoms with van der Waals surface area (Å²) in [6.45, 7) is 9.03. The Morgan fingerprint density at radius 2 is 1.63 bits per heavy atom. The molecule has 30 heavy (non-hydrogen) atoms. The van der Waals surface area contributed by atoms with E-state index >= 15 is 0 Å².